The van der Waals surface area contributed by atoms with Crippen LogP contribution in [0.3, 0.4) is 0 Å². The summed E-state index contributed by atoms with van der Waals surface area (Å²) in [6, 6.07) is 12.3. The number of non-ortho nitro benzene ring substituents is 1. The van der Waals surface area contributed by atoms with Gasteiger partial charge in [-0.15, -0.1) is 10.2 Å². The minimum Gasteiger partial charge on any atom is -0.421 e. The topological polar surface area (TPSA) is 94.1 Å². The molecule has 0 fully saturated rings. The minimum atomic E-state index is -0.466. The molecule has 0 saturated carbocycles. The van der Waals surface area contributed by atoms with Gasteiger partial charge in [0.05, 0.1) is 15.6 Å². The third-order valence-electron chi connectivity index (χ3n) is 3.61. The lowest BCUT2D eigenvalue weighted by Gasteiger charge is -2.10. The highest BCUT2D eigenvalue weighted by Crippen LogP contribution is 2.30. The molecule has 0 bridgehead atoms. The first-order valence-corrected chi connectivity index (χ1v) is 7.98. The van der Waals surface area contributed by atoms with Gasteiger partial charge in [-0.25, -0.2) is 0 Å². The number of aryl methyl sites for hydroxylation is 1. The van der Waals surface area contributed by atoms with E-state index in [4.69, 9.17) is 16.0 Å². The minimum absolute atomic E-state index is 0.0301. The van der Waals surface area contributed by atoms with Crippen molar-refractivity contribution in [3.05, 3.63) is 69.1 Å². The van der Waals surface area contributed by atoms with Crippen LogP contribution in [0, 0.1) is 17.0 Å². The maximum Gasteiger partial charge on any atom is 0.271 e. The number of nitrogens with zero attached hydrogens (tertiary/aromatic N) is 3. The van der Waals surface area contributed by atoms with E-state index in [2.05, 4.69) is 15.5 Å². The van der Waals surface area contributed by atoms with E-state index in [1.165, 1.54) is 12.1 Å². The van der Waals surface area contributed by atoms with Crippen molar-refractivity contribution in [1.29, 1.82) is 0 Å². The Labute approximate surface area is 148 Å². The number of benzene rings is 2. The molecule has 0 aliphatic carbocycles. The molecule has 0 amide bonds. The van der Waals surface area contributed by atoms with Crippen molar-refractivity contribution < 1.29 is 9.34 Å². The summed E-state index contributed by atoms with van der Waals surface area (Å²) in [5, 5.41) is 22.4. The average molecular weight is 359 g/mol. The Morgan fingerprint density at radius 2 is 2.00 bits per heavy atom. The quantitative estimate of drug-likeness (QED) is 0.522. The first-order valence-electron chi connectivity index (χ1n) is 7.61. The molecular formula is C17H15ClN4O3. The Balaban J connectivity index is 1.64. The maximum atomic E-state index is 10.8. The van der Waals surface area contributed by atoms with E-state index in [0.29, 0.717) is 41.0 Å². The zero-order valence-corrected chi connectivity index (χ0v) is 14.2. The normalized spacial score (nSPS) is 10.6. The monoisotopic (exact) mass is 358 g/mol. The van der Waals surface area contributed by atoms with Gasteiger partial charge in [0.2, 0.25) is 11.8 Å². The molecule has 7 nitrogen and oxygen atoms in total. The van der Waals surface area contributed by atoms with E-state index in [0.717, 1.165) is 5.56 Å². The van der Waals surface area contributed by atoms with E-state index >= 15 is 0 Å². The zero-order valence-electron chi connectivity index (χ0n) is 13.4. The molecule has 3 rings (SSSR count). The number of aromatic nitrogens is 2. The number of anilines is 1. The summed E-state index contributed by atoms with van der Waals surface area (Å²) < 4.78 is 5.63. The van der Waals surface area contributed by atoms with Crippen LogP contribution in [0.25, 0.3) is 11.5 Å². The molecule has 3 aromatic rings. The Morgan fingerprint density at radius 1 is 1.24 bits per heavy atom. The van der Waals surface area contributed by atoms with Gasteiger partial charge in [-0.1, -0.05) is 29.8 Å². The fourth-order valence-corrected chi connectivity index (χ4v) is 2.73. The van der Waals surface area contributed by atoms with Gasteiger partial charge in [-0.05, 0) is 24.6 Å². The SMILES string of the molecule is Cc1cc([N+](=O)[O-])cc(Cl)c1NCCc1nnc(-c2ccccc2)o1. The third kappa shape index (κ3) is 3.95. The smallest absolute Gasteiger partial charge is 0.271 e. The van der Waals surface area contributed by atoms with Gasteiger partial charge >= 0.3 is 0 Å². The van der Waals surface area contributed by atoms with Crippen molar-refractivity contribution in [3.63, 3.8) is 0 Å². The number of rotatable bonds is 6. The highest BCUT2D eigenvalue weighted by atomic mass is 35.5. The summed E-state index contributed by atoms with van der Waals surface area (Å²) in [5.41, 5.74) is 2.20. The van der Waals surface area contributed by atoms with Crippen LogP contribution in [0.5, 0.6) is 0 Å². The number of hydrogen-bond donors (Lipinski definition) is 1. The first-order chi connectivity index (χ1) is 12.0. The second-order valence-electron chi connectivity index (χ2n) is 5.42. The van der Waals surface area contributed by atoms with Gasteiger partial charge in [0.15, 0.2) is 0 Å². The molecule has 0 aliphatic rings. The largest absolute Gasteiger partial charge is 0.421 e. The van der Waals surface area contributed by atoms with Gasteiger partial charge in [0, 0.05) is 30.7 Å². The lowest BCUT2D eigenvalue weighted by Crippen LogP contribution is -2.07. The van der Waals surface area contributed by atoms with E-state index < -0.39 is 4.92 Å². The van der Waals surface area contributed by atoms with Crippen LogP contribution in [-0.2, 0) is 6.42 Å². The van der Waals surface area contributed by atoms with Crippen molar-refractivity contribution in [2.24, 2.45) is 0 Å². The molecule has 0 atom stereocenters. The summed E-state index contributed by atoms with van der Waals surface area (Å²) in [7, 11) is 0. The number of hydrogen-bond acceptors (Lipinski definition) is 6. The van der Waals surface area contributed by atoms with Crippen LogP contribution < -0.4 is 5.32 Å². The molecule has 8 heteroatoms. The molecule has 1 heterocycles. The second kappa shape index (κ2) is 7.31. The van der Waals surface area contributed by atoms with Gasteiger partial charge in [-0.2, -0.15) is 0 Å². The Kier molecular flexibility index (Phi) is 4.95. The van der Waals surface area contributed by atoms with Gasteiger partial charge in [0.25, 0.3) is 5.69 Å². The van der Waals surface area contributed by atoms with E-state index in [1.807, 2.05) is 30.3 Å². The van der Waals surface area contributed by atoms with Gasteiger partial charge in [0.1, 0.15) is 0 Å². The molecule has 0 spiro atoms. The standard InChI is InChI=1S/C17H15ClN4O3/c1-11-9-13(22(23)24)10-14(18)16(11)19-8-7-15-20-21-17(25-15)12-5-3-2-4-6-12/h2-6,9-10,19H,7-8H2,1H3. The van der Waals surface area contributed by atoms with Crippen molar-refractivity contribution in [2.75, 3.05) is 11.9 Å². The van der Waals surface area contributed by atoms with Gasteiger partial charge in [-0.3, -0.25) is 10.1 Å². The summed E-state index contributed by atoms with van der Waals surface area (Å²) in [5.74, 6) is 0.974. The molecule has 1 aromatic heterocycles. The van der Waals surface area contributed by atoms with Crippen LogP contribution in [0.15, 0.2) is 46.9 Å². The summed E-state index contributed by atoms with van der Waals surface area (Å²) in [6.07, 6.45) is 0.507. The Hall–Kier alpha value is -2.93. The predicted molar refractivity (Wildman–Crippen MR) is 94.8 cm³/mol. The summed E-state index contributed by atoms with van der Waals surface area (Å²) >= 11 is 6.13. The third-order valence-corrected chi connectivity index (χ3v) is 3.91. The van der Waals surface area contributed by atoms with Crippen LogP contribution in [-0.4, -0.2) is 21.7 Å². The van der Waals surface area contributed by atoms with Crippen LogP contribution >= 0.6 is 11.6 Å². The molecule has 0 saturated heterocycles. The molecule has 0 unspecified atom stereocenters. The molecule has 128 valence electrons. The molecule has 25 heavy (non-hydrogen) atoms. The number of nitrogens with one attached hydrogen (secondary N) is 1. The van der Waals surface area contributed by atoms with Crippen LogP contribution in [0.4, 0.5) is 11.4 Å². The fourth-order valence-electron chi connectivity index (χ4n) is 2.40. The van der Waals surface area contributed by atoms with Crippen molar-refractivity contribution >= 4 is 23.0 Å². The molecular weight excluding hydrogens is 344 g/mol. The molecule has 0 aliphatic heterocycles. The second-order valence-corrected chi connectivity index (χ2v) is 5.83. The van der Waals surface area contributed by atoms with Crippen molar-refractivity contribution in [1.82, 2.24) is 10.2 Å². The highest BCUT2D eigenvalue weighted by Gasteiger charge is 2.13. The maximum absolute atomic E-state index is 10.8. The van der Waals surface area contributed by atoms with E-state index in [9.17, 15) is 10.1 Å². The lowest BCUT2D eigenvalue weighted by molar-refractivity contribution is -0.384. The zero-order chi connectivity index (χ0) is 17.8. The van der Waals surface area contributed by atoms with Crippen LogP contribution in [0.1, 0.15) is 11.5 Å². The number of nitro groups is 1. The van der Waals surface area contributed by atoms with Crippen molar-refractivity contribution in [2.45, 2.75) is 13.3 Å². The molecule has 2 aromatic carbocycles. The highest BCUT2D eigenvalue weighted by molar-refractivity contribution is 6.33. The molecule has 0 radical (unpaired) electrons. The Morgan fingerprint density at radius 3 is 2.68 bits per heavy atom. The molecule has 1 N–H and O–H groups in total. The summed E-state index contributed by atoms with van der Waals surface area (Å²) in [6.45, 7) is 2.27. The van der Waals surface area contributed by atoms with E-state index in [1.54, 1.807) is 6.92 Å². The van der Waals surface area contributed by atoms with Crippen molar-refractivity contribution in [3.8, 4) is 11.5 Å². The first kappa shape index (κ1) is 16.9. The van der Waals surface area contributed by atoms with Gasteiger partial charge < -0.3 is 9.73 Å². The predicted octanol–water partition coefficient (Wildman–Crippen LogP) is 4.26. The summed E-state index contributed by atoms with van der Waals surface area (Å²) in [4.78, 5) is 10.4. The Bertz CT molecular complexity index is 873. The van der Waals surface area contributed by atoms with E-state index in [-0.39, 0.29) is 5.69 Å². The number of halogens is 1. The fraction of sp³-hybridized carbons (Fsp3) is 0.176. The van der Waals surface area contributed by atoms with Crippen LogP contribution in [0.2, 0.25) is 5.02 Å². The number of nitro benzene ring substituents is 1. The lowest BCUT2D eigenvalue weighted by atomic mass is 10.1. The average Bonchev–Trinajstić information content (AvgIpc) is 3.07.